The van der Waals surface area contributed by atoms with Crippen molar-refractivity contribution in [3.63, 3.8) is 0 Å². The van der Waals surface area contributed by atoms with E-state index in [2.05, 4.69) is 20.2 Å². The SMILES string of the molecule is COC1CC(C(=O)Nc2cc(C)c(Oc3cnc(N4CC5(CCOCC5)C4)nc3)c(F)c2)C1. The summed E-state index contributed by atoms with van der Waals surface area (Å²) in [5.41, 5.74) is 1.31. The van der Waals surface area contributed by atoms with Crippen LogP contribution in [0.15, 0.2) is 24.5 Å². The van der Waals surface area contributed by atoms with Crippen LogP contribution in [-0.2, 0) is 14.3 Å². The summed E-state index contributed by atoms with van der Waals surface area (Å²) in [6.45, 7) is 5.25. The maximum Gasteiger partial charge on any atom is 0.227 e. The molecule has 2 aliphatic heterocycles. The minimum absolute atomic E-state index is 0.0950. The predicted molar refractivity (Wildman–Crippen MR) is 120 cm³/mol. The molecule has 5 rings (SSSR count). The number of rotatable bonds is 6. The van der Waals surface area contributed by atoms with Gasteiger partial charge < -0.3 is 24.4 Å². The van der Waals surface area contributed by atoms with Crippen LogP contribution in [0.2, 0.25) is 0 Å². The summed E-state index contributed by atoms with van der Waals surface area (Å²) in [6.07, 6.45) is 6.79. The zero-order valence-corrected chi connectivity index (χ0v) is 19.0. The van der Waals surface area contributed by atoms with E-state index < -0.39 is 5.82 Å². The number of benzene rings is 1. The molecule has 1 aromatic heterocycles. The number of methoxy groups -OCH3 is 1. The number of carbonyl (C=O) groups is 1. The van der Waals surface area contributed by atoms with Crippen molar-refractivity contribution in [3.8, 4) is 11.5 Å². The Morgan fingerprint density at radius 3 is 2.55 bits per heavy atom. The highest BCUT2D eigenvalue weighted by Crippen LogP contribution is 2.41. The van der Waals surface area contributed by atoms with E-state index in [1.807, 2.05) is 0 Å². The maximum atomic E-state index is 14.8. The quantitative estimate of drug-likeness (QED) is 0.709. The first-order valence-electron chi connectivity index (χ1n) is 11.4. The number of ether oxygens (including phenoxy) is 3. The van der Waals surface area contributed by atoms with Crippen LogP contribution in [0.5, 0.6) is 11.5 Å². The molecule has 2 aromatic rings. The number of hydrogen-bond acceptors (Lipinski definition) is 7. The van der Waals surface area contributed by atoms with E-state index in [9.17, 15) is 9.18 Å². The molecule has 8 nitrogen and oxygen atoms in total. The fourth-order valence-electron chi connectivity index (χ4n) is 4.82. The smallest absolute Gasteiger partial charge is 0.227 e. The highest BCUT2D eigenvalue weighted by Gasteiger charge is 2.44. The van der Waals surface area contributed by atoms with Crippen LogP contribution in [0.3, 0.4) is 0 Å². The number of aryl methyl sites for hydroxylation is 1. The van der Waals surface area contributed by atoms with Crippen molar-refractivity contribution in [1.82, 2.24) is 9.97 Å². The predicted octanol–water partition coefficient (Wildman–Crippen LogP) is 3.70. The Morgan fingerprint density at radius 1 is 1.21 bits per heavy atom. The van der Waals surface area contributed by atoms with E-state index in [1.165, 1.54) is 6.07 Å². The molecule has 1 saturated carbocycles. The third-order valence-electron chi connectivity index (χ3n) is 7.02. The molecule has 33 heavy (non-hydrogen) atoms. The van der Waals surface area contributed by atoms with E-state index in [4.69, 9.17) is 14.2 Å². The zero-order valence-electron chi connectivity index (χ0n) is 19.0. The van der Waals surface area contributed by atoms with Crippen molar-refractivity contribution in [3.05, 3.63) is 35.9 Å². The standard InChI is InChI=1S/C24H29FN4O4/c1-15-7-17(28-22(30)16-8-18(9-16)31-2)10-20(25)21(15)33-19-11-26-23(27-12-19)29-13-24(14-29)3-5-32-6-4-24/h7,10-12,16,18H,3-6,8-9,13-14H2,1-2H3,(H,28,30). The van der Waals surface area contributed by atoms with Gasteiger partial charge in [0.1, 0.15) is 0 Å². The lowest BCUT2D eigenvalue weighted by Gasteiger charge is -2.52. The Hall–Kier alpha value is -2.78. The van der Waals surface area contributed by atoms with E-state index in [-0.39, 0.29) is 23.7 Å². The molecule has 2 saturated heterocycles. The third kappa shape index (κ3) is 4.52. The van der Waals surface area contributed by atoms with Crippen LogP contribution >= 0.6 is 0 Å². The number of nitrogens with one attached hydrogen (secondary N) is 1. The number of nitrogens with zero attached hydrogens (tertiary/aromatic N) is 3. The van der Waals surface area contributed by atoms with Crippen molar-refractivity contribution in [2.75, 3.05) is 43.6 Å². The average Bonchev–Trinajstić information content (AvgIpc) is 2.75. The van der Waals surface area contributed by atoms with Crippen molar-refractivity contribution in [1.29, 1.82) is 0 Å². The lowest BCUT2D eigenvalue weighted by Crippen LogP contribution is -2.59. The van der Waals surface area contributed by atoms with Gasteiger partial charge in [-0.3, -0.25) is 4.79 Å². The Kier molecular flexibility index (Phi) is 5.92. The van der Waals surface area contributed by atoms with Crippen molar-refractivity contribution < 1.29 is 23.4 Å². The summed E-state index contributed by atoms with van der Waals surface area (Å²) in [5.74, 6) is 0.339. The van der Waals surface area contributed by atoms with Crippen LogP contribution < -0.4 is 15.0 Å². The molecule has 176 valence electrons. The highest BCUT2D eigenvalue weighted by atomic mass is 19.1. The zero-order chi connectivity index (χ0) is 23.0. The number of hydrogen-bond donors (Lipinski definition) is 1. The second-order valence-corrected chi connectivity index (χ2v) is 9.41. The van der Waals surface area contributed by atoms with E-state index in [0.29, 0.717) is 41.2 Å². The average molecular weight is 457 g/mol. The first-order valence-corrected chi connectivity index (χ1v) is 11.4. The van der Waals surface area contributed by atoms with Gasteiger partial charge in [-0.1, -0.05) is 0 Å². The van der Waals surface area contributed by atoms with Crippen LogP contribution in [-0.4, -0.2) is 55.4 Å². The Morgan fingerprint density at radius 2 is 1.91 bits per heavy atom. The van der Waals surface area contributed by atoms with Gasteiger partial charge >= 0.3 is 0 Å². The van der Waals surface area contributed by atoms with E-state index in [0.717, 1.165) is 39.1 Å². The molecule has 3 fully saturated rings. The van der Waals surface area contributed by atoms with Gasteiger partial charge in [0.05, 0.1) is 18.5 Å². The molecule has 0 unspecified atom stereocenters. The largest absolute Gasteiger partial charge is 0.451 e. The Bertz CT molecular complexity index is 989. The first-order chi connectivity index (χ1) is 15.9. The normalized spacial score (nSPS) is 23.5. The minimum Gasteiger partial charge on any atom is -0.451 e. The molecule has 0 radical (unpaired) electrons. The van der Waals surface area contributed by atoms with Gasteiger partial charge in [0.2, 0.25) is 11.9 Å². The lowest BCUT2D eigenvalue weighted by molar-refractivity contribution is -0.127. The lowest BCUT2D eigenvalue weighted by atomic mass is 9.73. The summed E-state index contributed by atoms with van der Waals surface area (Å²) < 4.78 is 31.2. The van der Waals surface area contributed by atoms with E-state index >= 15 is 0 Å². The molecule has 9 heteroatoms. The second-order valence-electron chi connectivity index (χ2n) is 9.41. The van der Waals surface area contributed by atoms with Gasteiger partial charge in [0.25, 0.3) is 0 Å². The molecule has 1 spiro atoms. The summed E-state index contributed by atoms with van der Waals surface area (Å²) >= 11 is 0. The van der Waals surface area contributed by atoms with Gasteiger partial charge in [-0.15, -0.1) is 0 Å². The molecule has 1 aromatic carbocycles. The minimum atomic E-state index is -0.554. The van der Waals surface area contributed by atoms with Crippen molar-refractivity contribution in [2.45, 2.75) is 38.7 Å². The van der Waals surface area contributed by atoms with Gasteiger partial charge in [-0.05, 0) is 44.2 Å². The summed E-state index contributed by atoms with van der Waals surface area (Å²) in [5, 5.41) is 2.79. The molecule has 1 amide bonds. The monoisotopic (exact) mass is 456 g/mol. The van der Waals surface area contributed by atoms with Crippen LogP contribution in [0.4, 0.5) is 16.0 Å². The first kappa shape index (κ1) is 22.0. The van der Waals surface area contributed by atoms with Crippen molar-refractivity contribution >= 4 is 17.5 Å². The maximum absolute atomic E-state index is 14.8. The molecule has 3 heterocycles. The highest BCUT2D eigenvalue weighted by molar-refractivity contribution is 5.93. The number of amides is 1. The number of halogens is 1. The van der Waals surface area contributed by atoms with Crippen molar-refractivity contribution in [2.24, 2.45) is 11.3 Å². The molecular formula is C24H29FN4O4. The fraction of sp³-hybridized carbons (Fsp3) is 0.542. The van der Waals surface area contributed by atoms with Gasteiger partial charge in [-0.2, -0.15) is 0 Å². The summed E-state index contributed by atoms with van der Waals surface area (Å²) in [6, 6.07) is 2.97. The fourth-order valence-corrected chi connectivity index (χ4v) is 4.82. The summed E-state index contributed by atoms with van der Waals surface area (Å²) in [4.78, 5) is 23.3. The summed E-state index contributed by atoms with van der Waals surface area (Å²) in [7, 11) is 1.64. The molecule has 3 aliphatic rings. The van der Waals surface area contributed by atoms with Crippen LogP contribution in [0.25, 0.3) is 0 Å². The van der Waals surface area contributed by atoms with Gasteiger partial charge in [0, 0.05) is 56.5 Å². The van der Waals surface area contributed by atoms with Gasteiger partial charge in [-0.25, -0.2) is 14.4 Å². The van der Waals surface area contributed by atoms with E-state index in [1.54, 1.807) is 32.5 Å². The number of aromatic nitrogens is 2. The molecular weight excluding hydrogens is 427 g/mol. The third-order valence-corrected chi connectivity index (χ3v) is 7.02. The molecule has 1 N–H and O–H groups in total. The Balaban J connectivity index is 1.19. The van der Waals surface area contributed by atoms with Gasteiger partial charge in [0.15, 0.2) is 17.3 Å². The van der Waals surface area contributed by atoms with Crippen LogP contribution in [0, 0.1) is 24.1 Å². The molecule has 0 atom stereocenters. The van der Waals surface area contributed by atoms with Crippen LogP contribution in [0.1, 0.15) is 31.2 Å². The second kappa shape index (κ2) is 8.87. The topological polar surface area (TPSA) is 85.8 Å². The number of anilines is 2. The molecule has 1 aliphatic carbocycles. The number of carbonyl (C=O) groups excluding carboxylic acids is 1. The Labute approximate surface area is 192 Å². The molecule has 0 bridgehead atoms.